The van der Waals surface area contributed by atoms with Crippen LogP contribution in [0.2, 0.25) is 0 Å². The summed E-state index contributed by atoms with van der Waals surface area (Å²) in [4.78, 5) is 12.0. The van der Waals surface area contributed by atoms with Gasteiger partial charge in [0.25, 0.3) is 0 Å². The number of H-pyrrole nitrogens is 1. The third kappa shape index (κ3) is 3.13. The summed E-state index contributed by atoms with van der Waals surface area (Å²) in [5, 5.41) is 9.41. The number of benzene rings is 1. The maximum Gasteiger partial charge on any atom is 0.230 e. The predicted molar refractivity (Wildman–Crippen MR) is 73.4 cm³/mol. The summed E-state index contributed by atoms with van der Waals surface area (Å²) in [5.74, 6) is 1.26. The molecule has 0 fully saturated rings. The molecule has 1 aromatic carbocycles. The van der Waals surface area contributed by atoms with E-state index in [1.165, 1.54) is 0 Å². The summed E-state index contributed by atoms with van der Waals surface area (Å²) in [6.07, 6.45) is 1.94. The van der Waals surface area contributed by atoms with Crippen LogP contribution in [0.3, 0.4) is 0 Å². The Balaban J connectivity index is 2.11. The topological polar surface area (TPSA) is 67.0 Å². The summed E-state index contributed by atoms with van der Waals surface area (Å²) in [5.41, 5.74) is 2.88. The molecule has 1 amide bonds. The van der Waals surface area contributed by atoms with Crippen molar-refractivity contribution in [2.75, 3.05) is 12.4 Å². The Morgan fingerprint density at radius 2 is 2.21 bits per heavy atom. The summed E-state index contributed by atoms with van der Waals surface area (Å²) in [7, 11) is 1.60. The van der Waals surface area contributed by atoms with Crippen molar-refractivity contribution in [3.63, 3.8) is 0 Å². The zero-order valence-electron chi connectivity index (χ0n) is 11.3. The molecule has 2 rings (SSSR count). The molecule has 0 aliphatic rings. The number of nitrogens with one attached hydrogen (secondary N) is 2. The van der Waals surface area contributed by atoms with E-state index in [-0.39, 0.29) is 12.3 Å². The number of nitrogens with zero attached hydrogens (tertiary/aromatic N) is 1. The van der Waals surface area contributed by atoms with Gasteiger partial charge in [-0.1, -0.05) is 17.7 Å². The van der Waals surface area contributed by atoms with Gasteiger partial charge >= 0.3 is 0 Å². The minimum Gasteiger partial charge on any atom is -0.496 e. The highest BCUT2D eigenvalue weighted by atomic mass is 16.5. The van der Waals surface area contributed by atoms with E-state index in [0.717, 1.165) is 22.4 Å². The molecule has 2 aromatic rings. The largest absolute Gasteiger partial charge is 0.496 e. The first-order valence-electron chi connectivity index (χ1n) is 6.03. The number of anilines is 1. The molecular formula is C14H17N3O2. The molecular weight excluding hydrogens is 242 g/mol. The zero-order chi connectivity index (χ0) is 13.8. The Hall–Kier alpha value is -2.30. The lowest BCUT2D eigenvalue weighted by atomic mass is 10.1. The van der Waals surface area contributed by atoms with Crippen LogP contribution < -0.4 is 10.1 Å². The van der Waals surface area contributed by atoms with E-state index in [1.54, 1.807) is 13.3 Å². The van der Waals surface area contributed by atoms with Crippen LogP contribution in [0.5, 0.6) is 5.75 Å². The van der Waals surface area contributed by atoms with E-state index in [4.69, 9.17) is 4.74 Å². The van der Waals surface area contributed by atoms with Gasteiger partial charge in [0.2, 0.25) is 5.91 Å². The smallest absolute Gasteiger partial charge is 0.230 e. The minimum absolute atomic E-state index is 0.101. The van der Waals surface area contributed by atoms with Gasteiger partial charge in [0, 0.05) is 11.1 Å². The van der Waals surface area contributed by atoms with Crippen LogP contribution in [0, 0.1) is 13.8 Å². The molecule has 5 nitrogen and oxygen atoms in total. The quantitative estimate of drug-likeness (QED) is 0.884. The maximum absolute atomic E-state index is 12.0. The first-order chi connectivity index (χ1) is 9.10. The molecule has 0 aliphatic carbocycles. The number of amides is 1. The van der Waals surface area contributed by atoms with Gasteiger partial charge in [-0.3, -0.25) is 9.89 Å². The highest BCUT2D eigenvalue weighted by molar-refractivity contribution is 5.92. The van der Waals surface area contributed by atoms with E-state index in [2.05, 4.69) is 15.5 Å². The molecule has 0 saturated heterocycles. The number of aromatic amines is 1. The zero-order valence-corrected chi connectivity index (χ0v) is 11.3. The second kappa shape index (κ2) is 5.56. The van der Waals surface area contributed by atoms with E-state index in [1.807, 2.05) is 32.0 Å². The molecule has 0 atom stereocenters. The van der Waals surface area contributed by atoms with Crippen LogP contribution in [0.1, 0.15) is 16.7 Å². The number of hydrogen-bond acceptors (Lipinski definition) is 3. The van der Waals surface area contributed by atoms with Crippen molar-refractivity contribution < 1.29 is 9.53 Å². The van der Waals surface area contributed by atoms with Gasteiger partial charge in [0.05, 0.1) is 19.7 Å². The lowest BCUT2D eigenvalue weighted by molar-refractivity contribution is -0.115. The van der Waals surface area contributed by atoms with Crippen LogP contribution in [0.15, 0.2) is 24.4 Å². The van der Waals surface area contributed by atoms with Gasteiger partial charge in [0.1, 0.15) is 11.6 Å². The van der Waals surface area contributed by atoms with Crippen molar-refractivity contribution in [1.82, 2.24) is 10.2 Å². The van der Waals surface area contributed by atoms with Gasteiger partial charge in [0.15, 0.2) is 0 Å². The summed E-state index contributed by atoms with van der Waals surface area (Å²) in [6, 6.07) is 5.79. The number of carbonyl (C=O) groups is 1. The molecule has 0 spiro atoms. The fraction of sp³-hybridized carbons (Fsp3) is 0.286. The van der Waals surface area contributed by atoms with E-state index >= 15 is 0 Å². The van der Waals surface area contributed by atoms with Gasteiger partial charge in [-0.25, -0.2) is 0 Å². The molecule has 100 valence electrons. The fourth-order valence-corrected chi connectivity index (χ4v) is 1.88. The number of hydrogen-bond donors (Lipinski definition) is 2. The first-order valence-corrected chi connectivity index (χ1v) is 6.03. The maximum atomic E-state index is 12.0. The first kappa shape index (κ1) is 13.1. The third-order valence-electron chi connectivity index (χ3n) is 2.88. The summed E-state index contributed by atoms with van der Waals surface area (Å²) < 4.78 is 5.26. The van der Waals surface area contributed by atoms with Crippen LogP contribution in [0.4, 0.5) is 5.82 Å². The number of rotatable bonds is 4. The Morgan fingerprint density at radius 3 is 2.84 bits per heavy atom. The number of carbonyl (C=O) groups excluding carboxylic acids is 1. The SMILES string of the molecule is COc1ccc(C)cc1CC(=O)Nc1[nH]ncc1C. The molecule has 19 heavy (non-hydrogen) atoms. The monoisotopic (exact) mass is 259 g/mol. The molecule has 0 radical (unpaired) electrons. The Bertz CT molecular complexity index is 590. The van der Waals surface area contributed by atoms with Gasteiger partial charge in [-0.15, -0.1) is 0 Å². The molecule has 0 bridgehead atoms. The third-order valence-corrected chi connectivity index (χ3v) is 2.88. The van der Waals surface area contributed by atoms with E-state index in [9.17, 15) is 4.79 Å². The Kier molecular flexibility index (Phi) is 3.85. The Morgan fingerprint density at radius 1 is 1.42 bits per heavy atom. The molecule has 0 saturated carbocycles. The van der Waals surface area contributed by atoms with Gasteiger partial charge in [-0.05, 0) is 19.9 Å². The average molecular weight is 259 g/mol. The van der Waals surface area contributed by atoms with Crippen molar-refractivity contribution in [2.24, 2.45) is 0 Å². The lowest BCUT2D eigenvalue weighted by Gasteiger charge is -2.09. The standard InChI is InChI=1S/C14H17N3O2/c1-9-4-5-12(19-3)11(6-9)7-13(18)16-14-10(2)8-15-17-14/h4-6,8H,7H2,1-3H3,(H2,15,16,17,18). The second-order valence-electron chi connectivity index (χ2n) is 4.47. The minimum atomic E-state index is -0.101. The molecule has 1 heterocycles. The van der Waals surface area contributed by atoms with Crippen LogP contribution in [-0.4, -0.2) is 23.2 Å². The summed E-state index contributed by atoms with van der Waals surface area (Å²) >= 11 is 0. The number of aryl methyl sites for hydroxylation is 2. The highest BCUT2D eigenvalue weighted by Gasteiger charge is 2.11. The number of methoxy groups -OCH3 is 1. The van der Waals surface area contributed by atoms with Crippen molar-refractivity contribution >= 4 is 11.7 Å². The number of ether oxygens (including phenoxy) is 1. The van der Waals surface area contributed by atoms with Gasteiger partial charge < -0.3 is 10.1 Å². The van der Waals surface area contributed by atoms with Crippen molar-refractivity contribution in [1.29, 1.82) is 0 Å². The Labute approximate surface area is 112 Å². The van der Waals surface area contributed by atoms with Crippen molar-refractivity contribution in [3.8, 4) is 5.75 Å². The normalized spacial score (nSPS) is 10.3. The highest BCUT2D eigenvalue weighted by Crippen LogP contribution is 2.20. The molecule has 1 aromatic heterocycles. The number of aromatic nitrogens is 2. The van der Waals surface area contributed by atoms with Gasteiger partial charge in [-0.2, -0.15) is 5.10 Å². The predicted octanol–water partition coefficient (Wildman–Crippen LogP) is 2.22. The van der Waals surface area contributed by atoms with Crippen LogP contribution in [-0.2, 0) is 11.2 Å². The molecule has 2 N–H and O–H groups in total. The van der Waals surface area contributed by atoms with Crippen LogP contribution >= 0.6 is 0 Å². The summed E-state index contributed by atoms with van der Waals surface area (Å²) in [6.45, 7) is 3.87. The average Bonchev–Trinajstić information content (AvgIpc) is 2.75. The van der Waals surface area contributed by atoms with Crippen molar-refractivity contribution in [3.05, 3.63) is 41.1 Å². The van der Waals surface area contributed by atoms with Crippen LogP contribution in [0.25, 0.3) is 0 Å². The molecule has 0 unspecified atom stereocenters. The van der Waals surface area contributed by atoms with Crippen molar-refractivity contribution in [2.45, 2.75) is 20.3 Å². The second-order valence-corrected chi connectivity index (χ2v) is 4.47. The lowest BCUT2D eigenvalue weighted by Crippen LogP contribution is -2.16. The molecule has 0 aliphatic heterocycles. The fourth-order valence-electron chi connectivity index (χ4n) is 1.88. The van der Waals surface area contributed by atoms with E-state index in [0.29, 0.717) is 5.82 Å². The van der Waals surface area contributed by atoms with E-state index < -0.39 is 0 Å². The molecule has 5 heteroatoms.